The number of amides is 2. The lowest BCUT2D eigenvalue weighted by Gasteiger charge is -2.31. The van der Waals surface area contributed by atoms with E-state index in [0.29, 0.717) is 12.2 Å². The molecule has 6 heteroatoms. The average molecular weight is 365 g/mol. The van der Waals surface area contributed by atoms with E-state index in [1.54, 1.807) is 30.5 Å². The van der Waals surface area contributed by atoms with Crippen LogP contribution in [-0.2, 0) is 4.79 Å². The third kappa shape index (κ3) is 5.76. The summed E-state index contributed by atoms with van der Waals surface area (Å²) in [5.41, 5.74) is 1.46. The lowest BCUT2D eigenvalue weighted by Crippen LogP contribution is -3.15. The van der Waals surface area contributed by atoms with Crippen LogP contribution in [0.4, 0.5) is 0 Å². The third-order valence-electron chi connectivity index (χ3n) is 4.66. The van der Waals surface area contributed by atoms with Crippen molar-refractivity contribution < 1.29 is 14.5 Å². The molecule has 1 aromatic carbocycles. The zero-order valence-corrected chi connectivity index (χ0v) is 15.3. The summed E-state index contributed by atoms with van der Waals surface area (Å²) in [6.45, 7) is 4.71. The Kier molecular flexibility index (Phi) is 6.71. The van der Waals surface area contributed by atoms with Crippen LogP contribution in [0, 0.1) is 0 Å². The van der Waals surface area contributed by atoms with Gasteiger partial charge in [0.25, 0.3) is 5.91 Å². The molecule has 0 unspecified atom stereocenters. The van der Waals surface area contributed by atoms with E-state index in [1.807, 2.05) is 41.3 Å². The van der Waals surface area contributed by atoms with Crippen molar-refractivity contribution in [2.24, 2.45) is 0 Å². The normalized spacial score (nSPS) is 15.0. The first-order valence-corrected chi connectivity index (χ1v) is 9.27. The van der Waals surface area contributed by atoms with Crippen molar-refractivity contribution in [3.8, 4) is 0 Å². The van der Waals surface area contributed by atoms with E-state index in [2.05, 4.69) is 10.3 Å². The second-order valence-electron chi connectivity index (χ2n) is 6.54. The maximum Gasteiger partial charge on any atom is 0.270 e. The molecule has 2 amide bonds. The highest BCUT2D eigenvalue weighted by molar-refractivity contribution is 5.92. The van der Waals surface area contributed by atoms with Gasteiger partial charge in [-0.1, -0.05) is 36.4 Å². The molecule has 2 aromatic rings. The van der Waals surface area contributed by atoms with Crippen molar-refractivity contribution in [1.82, 2.24) is 15.2 Å². The van der Waals surface area contributed by atoms with Gasteiger partial charge in [0.05, 0.1) is 39.3 Å². The zero-order valence-electron chi connectivity index (χ0n) is 15.3. The SMILES string of the molecule is O=C(NCC[NH+]1CCN(C(=O)/C=C/c2ccccc2)CC1)c1ccccn1. The molecule has 0 aliphatic carbocycles. The number of quaternary nitrogens is 1. The number of pyridine rings is 1. The Morgan fingerprint density at radius 1 is 1.07 bits per heavy atom. The van der Waals surface area contributed by atoms with Crippen molar-refractivity contribution in [2.45, 2.75) is 0 Å². The van der Waals surface area contributed by atoms with Crippen molar-refractivity contribution in [1.29, 1.82) is 0 Å². The first-order valence-electron chi connectivity index (χ1n) is 9.27. The highest BCUT2D eigenvalue weighted by atomic mass is 16.2. The highest BCUT2D eigenvalue weighted by Gasteiger charge is 2.22. The van der Waals surface area contributed by atoms with Crippen molar-refractivity contribution in [2.75, 3.05) is 39.3 Å². The lowest BCUT2D eigenvalue weighted by atomic mass is 10.2. The Balaban J connectivity index is 1.37. The fraction of sp³-hybridized carbons (Fsp3) is 0.286. The summed E-state index contributed by atoms with van der Waals surface area (Å²) >= 11 is 0. The minimum Gasteiger partial charge on any atom is -0.345 e. The van der Waals surface area contributed by atoms with E-state index in [-0.39, 0.29) is 11.8 Å². The molecule has 0 radical (unpaired) electrons. The molecule has 2 N–H and O–H groups in total. The van der Waals surface area contributed by atoms with Crippen LogP contribution in [0.15, 0.2) is 60.8 Å². The van der Waals surface area contributed by atoms with E-state index in [4.69, 9.17) is 0 Å². The van der Waals surface area contributed by atoms with Crippen molar-refractivity contribution in [3.63, 3.8) is 0 Å². The van der Waals surface area contributed by atoms with Gasteiger partial charge in [0, 0.05) is 12.3 Å². The minimum atomic E-state index is -0.144. The fourth-order valence-electron chi connectivity index (χ4n) is 3.07. The average Bonchev–Trinajstić information content (AvgIpc) is 2.74. The lowest BCUT2D eigenvalue weighted by molar-refractivity contribution is -0.902. The summed E-state index contributed by atoms with van der Waals surface area (Å²) < 4.78 is 0. The van der Waals surface area contributed by atoms with Gasteiger partial charge in [-0.25, -0.2) is 0 Å². The Labute approximate surface area is 159 Å². The number of benzene rings is 1. The standard InChI is InChI=1S/C21H24N4O2/c26-20(10-9-18-6-2-1-3-7-18)25-16-14-24(15-17-25)13-12-23-21(27)19-8-4-5-11-22-19/h1-11H,12-17H2,(H,23,27)/p+1/b10-9+. The molecule has 1 aliphatic heterocycles. The predicted molar refractivity (Wildman–Crippen MR) is 104 cm³/mol. The molecule has 1 aliphatic rings. The minimum absolute atomic E-state index is 0.0568. The molecular formula is C21H25N4O2+. The molecule has 1 saturated heterocycles. The van der Waals surface area contributed by atoms with Crippen LogP contribution in [-0.4, -0.2) is 61.0 Å². The van der Waals surface area contributed by atoms with Crippen LogP contribution in [0.25, 0.3) is 6.08 Å². The molecule has 0 bridgehead atoms. The predicted octanol–water partition coefficient (Wildman–Crippen LogP) is 0.252. The van der Waals surface area contributed by atoms with Crippen molar-refractivity contribution in [3.05, 3.63) is 72.1 Å². The van der Waals surface area contributed by atoms with Crippen LogP contribution in [0.2, 0.25) is 0 Å². The van der Waals surface area contributed by atoms with Gasteiger partial charge in [-0.15, -0.1) is 0 Å². The third-order valence-corrected chi connectivity index (χ3v) is 4.66. The number of piperazine rings is 1. The Hall–Kier alpha value is -2.99. The van der Waals surface area contributed by atoms with Gasteiger partial charge in [0.15, 0.2) is 0 Å². The van der Waals surface area contributed by atoms with Crippen molar-refractivity contribution >= 4 is 17.9 Å². The number of aromatic nitrogens is 1. The molecule has 27 heavy (non-hydrogen) atoms. The number of hydrogen-bond acceptors (Lipinski definition) is 3. The maximum absolute atomic E-state index is 12.3. The highest BCUT2D eigenvalue weighted by Crippen LogP contribution is 2.02. The number of nitrogens with one attached hydrogen (secondary N) is 2. The second kappa shape index (κ2) is 9.64. The quantitative estimate of drug-likeness (QED) is 0.722. The van der Waals surface area contributed by atoms with Crippen LogP contribution in [0.3, 0.4) is 0 Å². The largest absolute Gasteiger partial charge is 0.345 e. The second-order valence-corrected chi connectivity index (χ2v) is 6.54. The maximum atomic E-state index is 12.3. The summed E-state index contributed by atoms with van der Waals surface area (Å²) in [5, 5.41) is 2.90. The Morgan fingerprint density at radius 3 is 2.52 bits per heavy atom. The molecular weight excluding hydrogens is 340 g/mol. The molecule has 0 spiro atoms. The van der Waals surface area contributed by atoms with Gasteiger partial charge in [0.1, 0.15) is 5.69 Å². The van der Waals surface area contributed by atoms with Gasteiger partial charge in [0.2, 0.25) is 5.91 Å². The summed E-state index contributed by atoms with van der Waals surface area (Å²) in [5.74, 6) is -0.0868. The number of nitrogens with zero attached hydrogens (tertiary/aromatic N) is 2. The molecule has 0 atom stereocenters. The molecule has 1 fully saturated rings. The van der Waals surface area contributed by atoms with Gasteiger partial charge >= 0.3 is 0 Å². The summed E-state index contributed by atoms with van der Waals surface area (Å²) in [7, 11) is 0. The molecule has 3 rings (SSSR count). The number of carbonyl (C=O) groups is 2. The molecule has 2 heterocycles. The van der Waals surface area contributed by atoms with Gasteiger partial charge in [-0.3, -0.25) is 14.6 Å². The zero-order chi connectivity index (χ0) is 18.9. The van der Waals surface area contributed by atoms with Crippen LogP contribution < -0.4 is 10.2 Å². The monoisotopic (exact) mass is 365 g/mol. The Morgan fingerprint density at radius 2 is 1.81 bits per heavy atom. The summed E-state index contributed by atoms with van der Waals surface area (Å²) in [4.78, 5) is 31.6. The molecule has 1 aromatic heterocycles. The molecule has 0 saturated carbocycles. The number of hydrogen-bond donors (Lipinski definition) is 2. The van der Waals surface area contributed by atoms with E-state index in [9.17, 15) is 9.59 Å². The van der Waals surface area contributed by atoms with E-state index in [1.165, 1.54) is 4.90 Å². The van der Waals surface area contributed by atoms with Crippen LogP contribution in [0.1, 0.15) is 16.1 Å². The van der Waals surface area contributed by atoms with E-state index in [0.717, 1.165) is 38.3 Å². The number of carbonyl (C=O) groups excluding carboxylic acids is 2. The summed E-state index contributed by atoms with van der Waals surface area (Å²) in [6, 6.07) is 15.1. The smallest absolute Gasteiger partial charge is 0.270 e. The van der Waals surface area contributed by atoms with Gasteiger partial charge in [-0.2, -0.15) is 0 Å². The summed E-state index contributed by atoms with van der Waals surface area (Å²) in [6.07, 6.45) is 5.12. The topological polar surface area (TPSA) is 66.7 Å². The van der Waals surface area contributed by atoms with E-state index < -0.39 is 0 Å². The first kappa shape index (κ1) is 18.8. The van der Waals surface area contributed by atoms with Crippen LogP contribution in [0.5, 0.6) is 0 Å². The first-order chi connectivity index (χ1) is 13.2. The number of rotatable bonds is 6. The molecule has 6 nitrogen and oxygen atoms in total. The fourth-order valence-corrected chi connectivity index (χ4v) is 3.07. The van der Waals surface area contributed by atoms with E-state index >= 15 is 0 Å². The Bertz CT molecular complexity index is 769. The van der Waals surface area contributed by atoms with Crippen LogP contribution >= 0.6 is 0 Å². The van der Waals surface area contributed by atoms with Gasteiger partial charge < -0.3 is 15.1 Å². The molecule has 140 valence electrons. The van der Waals surface area contributed by atoms with Gasteiger partial charge in [-0.05, 0) is 23.8 Å².